The molecule has 1 fully saturated rings. The van der Waals surface area contributed by atoms with Crippen molar-refractivity contribution in [3.8, 4) is 0 Å². The number of hydrogen-bond donors (Lipinski definition) is 0. The van der Waals surface area contributed by atoms with E-state index >= 15 is 0 Å². The number of carbonyl (C=O) groups excluding carboxylic acids is 1. The van der Waals surface area contributed by atoms with Crippen LogP contribution in [0.4, 0.5) is 0 Å². The third-order valence-corrected chi connectivity index (χ3v) is 3.27. The van der Waals surface area contributed by atoms with Crippen LogP contribution in [0.2, 0.25) is 0 Å². The molecule has 2 nitrogen and oxygen atoms in total. The van der Waals surface area contributed by atoms with Crippen LogP contribution in [0.15, 0.2) is 24.3 Å². The van der Waals surface area contributed by atoms with E-state index in [0.717, 1.165) is 5.69 Å². The average molecular weight is 213 g/mol. The Labute approximate surface area is 94.9 Å². The molecule has 3 rings (SSSR count). The largest absolute Gasteiger partial charge is 0.335 e. The van der Waals surface area contributed by atoms with Crippen LogP contribution in [0.5, 0.6) is 0 Å². The van der Waals surface area contributed by atoms with E-state index in [1.54, 1.807) is 6.92 Å². The average Bonchev–Trinajstić information content (AvgIpc) is 2.99. The van der Waals surface area contributed by atoms with Gasteiger partial charge >= 0.3 is 0 Å². The Balaban J connectivity index is 2.32. The number of benzene rings is 1. The van der Waals surface area contributed by atoms with Crippen LogP contribution < -0.4 is 0 Å². The summed E-state index contributed by atoms with van der Waals surface area (Å²) in [5.41, 5.74) is 3.32. The topological polar surface area (TPSA) is 22.0 Å². The molecule has 0 atom stereocenters. The van der Waals surface area contributed by atoms with Gasteiger partial charge in [-0.15, -0.1) is 0 Å². The van der Waals surface area contributed by atoms with Crippen molar-refractivity contribution in [1.82, 2.24) is 4.57 Å². The quantitative estimate of drug-likeness (QED) is 0.700. The molecule has 0 aliphatic heterocycles. The van der Waals surface area contributed by atoms with E-state index in [0.29, 0.717) is 6.04 Å². The molecule has 16 heavy (non-hydrogen) atoms. The number of carbonyl (C=O) groups is 1. The summed E-state index contributed by atoms with van der Waals surface area (Å²) < 4.78 is 2.22. The number of aryl methyl sites for hydroxylation is 1. The second kappa shape index (κ2) is 3.21. The van der Waals surface area contributed by atoms with E-state index in [1.807, 2.05) is 6.07 Å². The van der Waals surface area contributed by atoms with Crippen LogP contribution in [-0.4, -0.2) is 10.4 Å². The highest BCUT2D eigenvalue weighted by Gasteiger charge is 2.28. The van der Waals surface area contributed by atoms with Gasteiger partial charge in [-0.05, 0) is 38.0 Å². The lowest BCUT2D eigenvalue weighted by atomic mass is 10.2. The highest BCUT2D eigenvalue weighted by atomic mass is 16.1. The summed E-state index contributed by atoms with van der Waals surface area (Å²) in [7, 11) is 0. The van der Waals surface area contributed by atoms with E-state index in [9.17, 15) is 4.79 Å². The maximum absolute atomic E-state index is 11.6. The van der Waals surface area contributed by atoms with Crippen LogP contribution >= 0.6 is 0 Å². The lowest BCUT2D eigenvalue weighted by Gasteiger charge is -2.06. The van der Waals surface area contributed by atoms with Crippen LogP contribution in [0, 0.1) is 6.92 Å². The molecular formula is C14H15NO. The first kappa shape index (κ1) is 9.64. The van der Waals surface area contributed by atoms with E-state index in [4.69, 9.17) is 0 Å². The van der Waals surface area contributed by atoms with E-state index in [1.165, 1.54) is 29.3 Å². The number of Topliss-reactive ketones (excluding diaryl/α,β-unsaturated/α-hetero) is 1. The lowest BCUT2D eigenvalue weighted by Crippen LogP contribution is -2.04. The first-order chi connectivity index (χ1) is 7.66. The van der Waals surface area contributed by atoms with Gasteiger partial charge in [0.2, 0.25) is 0 Å². The van der Waals surface area contributed by atoms with Gasteiger partial charge in [0.1, 0.15) is 0 Å². The van der Waals surface area contributed by atoms with Gasteiger partial charge in [-0.25, -0.2) is 0 Å². The Morgan fingerprint density at radius 3 is 2.69 bits per heavy atom. The van der Waals surface area contributed by atoms with Gasteiger partial charge in [-0.3, -0.25) is 4.79 Å². The Hall–Kier alpha value is -1.57. The molecule has 0 amide bonds. The van der Waals surface area contributed by atoms with Crippen molar-refractivity contribution in [1.29, 1.82) is 0 Å². The number of hydrogen-bond acceptors (Lipinski definition) is 1. The summed E-state index contributed by atoms with van der Waals surface area (Å²) in [6, 6.07) is 8.99. The molecule has 0 unspecified atom stereocenters. The highest BCUT2D eigenvalue weighted by Crippen LogP contribution is 2.39. The Morgan fingerprint density at radius 1 is 1.31 bits per heavy atom. The maximum atomic E-state index is 11.6. The van der Waals surface area contributed by atoms with Crippen LogP contribution in [0.25, 0.3) is 10.9 Å². The molecule has 1 aromatic carbocycles. The van der Waals surface area contributed by atoms with Crippen molar-refractivity contribution in [3.63, 3.8) is 0 Å². The third-order valence-electron chi connectivity index (χ3n) is 3.27. The van der Waals surface area contributed by atoms with Gasteiger partial charge < -0.3 is 4.57 Å². The Morgan fingerprint density at radius 2 is 2.06 bits per heavy atom. The molecule has 0 radical (unpaired) electrons. The lowest BCUT2D eigenvalue weighted by molar-refractivity contribution is 0.100. The molecule has 1 saturated carbocycles. The number of aromatic nitrogens is 1. The summed E-state index contributed by atoms with van der Waals surface area (Å²) in [5.74, 6) is 0.167. The standard InChI is InChI=1S/C14H15NO/c1-9-3-6-13-11(7-9)8-14(10(2)16)15(13)12-4-5-12/h3,6-8,12H,4-5H2,1-2H3. The number of nitrogens with zero attached hydrogens (tertiary/aromatic N) is 1. The minimum atomic E-state index is 0.167. The van der Waals surface area contributed by atoms with Crippen LogP contribution in [0.1, 0.15) is 41.9 Å². The zero-order valence-corrected chi connectivity index (χ0v) is 9.66. The number of ketones is 1. The Bertz CT molecular complexity index is 576. The summed E-state index contributed by atoms with van der Waals surface area (Å²) in [5, 5.41) is 1.19. The first-order valence-corrected chi connectivity index (χ1v) is 5.79. The fourth-order valence-electron chi connectivity index (χ4n) is 2.35. The Kier molecular flexibility index (Phi) is 1.93. The minimum absolute atomic E-state index is 0.167. The van der Waals surface area contributed by atoms with E-state index in [2.05, 4.69) is 29.7 Å². The van der Waals surface area contributed by atoms with Crippen LogP contribution in [-0.2, 0) is 0 Å². The maximum Gasteiger partial charge on any atom is 0.176 e. The normalized spacial score (nSPS) is 15.6. The molecule has 2 heteroatoms. The van der Waals surface area contributed by atoms with E-state index in [-0.39, 0.29) is 5.78 Å². The third kappa shape index (κ3) is 1.37. The molecule has 0 bridgehead atoms. The van der Waals surface area contributed by atoms with Gasteiger partial charge in [0.25, 0.3) is 0 Å². The highest BCUT2D eigenvalue weighted by molar-refractivity contribution is 5.99. The molecule has 1 aliphatic rings. The van der Waals surface area contributed by atoms with Gasteiger partial charge in [-0.2, -0.15) is 0 Å². The van der Waals surface area contributed by atoms with Crippen molar-refractivity contribution >= 4 is 16.7 Å². The minimum Gasteiger partial charge on any atom is -0.335 e. The van der Waals surface area contributed by atoms with Crippen molar-refractivity contribution in [2.24, 2.45) is 0 Å². The van der Waals surface area contributed by atoms with Crippen LogP contribution in [0.3, 0.4) is 0 Å². The van der Waals surface area contributed by atoms with E-state index < -0.39 is 0 Å². The van der Waals surface area contributed by atoms with Crippen molar-refractivity contribution in [2.75, 3.05) is 0 Å². The summed E-state index contributed by atoms with van der Waals surface area (Å²) >= 11 is 0. The zero-order valence-electron chi connectivity index (χ0n) is 9.66. The van der Waals surface area contributed by atoms with Gasteiger partial charge in [0.05, 0.1) is 5.69 Å². The molecule has 2 aromatic rings. The summed E-state index contributed by atoms with van der Waals surface area (Å²) in [6.07, 6.45) is 2.41. The smallest absolute Gasteiger partial charge is 0.176 e. The first-order valence-electron chi connectivity index (χ1n) is 5.79. The fourth-order valence-corrected chi connectivity index (χ4v) is 2.35. The van der Waals surface area contributed by atoms with Crippen molar-refractivity contribution in [3.05, 3.63) is 35.5 Å². The van der Waals surface area contributed by atoms with Crippen molar-refractivity contribution < 1.29 is 4.79 Å². The molecule has 82 valence electrons. The molecule has 1 aliphatic carbocycles. The number of rotatable bonds is 2. The summed E-state index contributed by atoms with van der Waals surface area (Å²) in [6.45, 7) is 3.74. The fraction of sp³-hybridized carbons (Fsp3) is 0.357. The molecular weight excluding hydrogens is 198 g/mol. The van der Waals surface area contributed by atoms with Crippen molar-refractivity contribution in [2.45, 2.75) is 32.7 Å². The zero-order chi connectivity index (χ0) is 11.3. The molecule has 1 aromatic heterocycles. The second-order valence-corrected chi connectivity index (χ2v) is 4.75. The van der Waals surface area contributed by atoms with Gasteiger partial charge in [0.15, 0.2) is 5.78 Å². The monoisotopic (exact) mass is 213 g/mol. The predicted octanol–water partition coefficient (Wildman–Crippen LogP) is 3.49. The number of fused-ring (bicyclic) bond motifs is 1. The molecule has 0 spiro atoms. The second-order valence-electron chi connectivity index (χ2n) is 4.75. The molecule has 0 N–H and O–H groups in total. The molecule has 1 heterocycles. The molecule has 0 saturated heterocycles. The van der Waals surface area contributed by atoms with Gasteiger partial charge in [-0.1, -0.05) is 11.6 Å². The predicted molar refractivity (Wildman–Crippen MR) is 65.0 cm³/mol. The van der Waals surface area contributed by atoms with Gasteiger partial charge in [0, 0.05) is 23.9 Å². The SMILES string of the molecule is CC(=O)c1cc2cc(C)ccc2n1C1CC1. The summed E-state index contributed by atoms with van der Waals surface area (Å²) in [4.78, 5) is 11.6.